The van der Waals surface area contributed by atoms with Crippen molar-refractivity contribution in [3.63, 3.8) is 0 Å². The second kappa shape index (κ2) is 54.0. The number of ether oxygens (including phenoxy) is 4. The van der Waals surface area contributed by atoms with Crippen molar-refractivity contribution in [2.45, 2.75) is 219 Å². The Morgan fingerprint density at radius 2 is 0.740 bits per heavy atom. The van der Waals surface area contributed by atoms with Gasteiger partial charge < -0.3 is 28.5 Å². The Labute approximate surface area is 447 Å². The van der Waals surface area contributed by atoms with Gasteiger partial charge >= 0.3 is 17.9 Å². The molecule has 0 aromatic heterocycles. The summed E-state index contributed by atoms with van der Waals surface area (Å²) in [6.07, 6.45) is 72.8. The van der Waals surface area contributed by atoms with Crippen molar-refractivity contribution in [3.05, 3.63) is 122 Å². The minimum absolute atomic E-state index is 0.177. The van der Waals surface area contributed by atoms with Gasteiger partial charge in [0.15, 0.2) is 6.10 Å². The largest absolute Gasteiger partial charge is 0.477 e. The van der Waals surface area contributed by atoms with Crippen molar-refractivity contribution in [2.75, 3.05) is 47.5 Å². The van der Waals surface area contributed by atoms with Gasteiger partial charge in [-0.3, -0.25) is 9.59 Å². The van der Waals surface area contributed by atoms with Crippen molar-refractivity contribution < 1.29 is 42.9 Å². The minimum atomic E-state index is -1.52. The molecule has 0 aliphatic heterocycles. The maximum atomic E-state index is 12.9. The summed E-state index contributed by atoms with van der Waals surface area (Å²) < 4.78 is 22.8. The lowest BCUT2D eigenvalue weighted by Crippen LogP contribution is -2.40. The number of quaternary nitrogens is 1. The van der Waals surface area contributed by atoms with Crippen LogP contribution in [0.5, 0.6) is 0 Å². The summed E-state index contributed by atoms with van der Waals surface area (Å²) in [4.78, 5) is 37.4. The van der Waals surface area contributed by atoms with Gasteiger partial charge in [-0.25, -0.2) is 4.79 Å². The quantitative estimate of drug-likeness (QED) is 0.0211. The lowest BCUT2D eigenvalue weighted by atomic mass is 10.0. The van der Waals surface area contributed by atoms with E-state index in [0.717, 1.165) is 109 Å². The zero-order chi connectivity index (χ0) is 53.4. The van der Waals surface area contributed by atoms with Crippen LogP contribution in [-0.4, -0.2) is 87.4 Å². The Morgan fingerprint density at radius 3 is 1.10 bits per heavy atom. The molecule has 1 N–H and O–H groups in total. The third kappa shape index (κ3) is 55.3. The van der Waals surface area contributed by atoms with Gasteiger partial charge in [-0.2, -0.15) is 0 Å². The lowest BCUT2D eigenvalue weighted by Gasteiger charge is -2.25. The fourth-order valence-electron chi connectivity index (χ4n) is 7.36. The number of rotatable bonds is 51. The van der Waals surface area contributed by atoms with Crippen molar-refractivity contribution in [3.8, 4) is 0 Å². The number of aliphatic carboxylic acids is 1. The first-order valence-electron chi connectivity index (χ1n) is 28.7. The zero-order valence-electron chi connectivity index (χ0n) is 47.0. The second-order valence-electron chi connectivity index (χ2n) is 19.8. The molecule has 0 aromatic carbocycles. The van der Waals surface area contributed by atoms with E-state index in [0.29, 0.717) is 23.9 Å². The van der Waals surface area contributed by atoms with Crippen LogP contribution >= 0.6 is 0 Å². The Balaban J connectivity index is 4.26. The molecule has 9 nitrogen and oxygen atoms in total. The highest BCUT2D eigenvalue weighted by Crippen LogP contribution is 2.15. The van der Waals surface area contributed by atoms with Gasteiger partial charge in [0.05, 0.1) is 34.4 Å². The first kappa shape index (κ1) is 68.7. The van der Waals surface area contributed by atoms with Gasteiger partial charge in [0.1, 0.15) is 13.2 Å². The van der Waals surface area contributed by atoms with Gasteiger partial charge in [-0.15, -0.1) is 0 Å². The maximum Gasteiger partial charge on any atom is 0.361 e. The van der Waals surface area contributed by atoms with Gasteiger partial charge in [0.2, 0.25) is 0 Å². The number of carbonyl (C=O) groups is 3. The fourth-order valence-corrected chi connectivity index (χ4v) is 7.36. The summed E-state index contributed by atoms with van der Waals surface area (Å²) in [5.41, 5.74) is 0. The molecule has 0 bridgehead atoms. The highest BCUT2D eigenvalue weighted by Gasteiger charge is 2.25. The van der Waals surface area contributed by atoms with E-state index in [1.54, 1.807) is 0 Å². The highest BCUT2D eigenvalue weighted by molar-refractivity contribution is 5.71. The van der Waals surface area contributed by atoms with Gasteiger partial charge in [-0.1, -0.05) is 212 Å². The molecule has 0 aliphatic rings. The summed E-state index contributed by atoms with van der Waals surface area (Å²) >= 11 is 0. The van der Waals surface area contributed by atoms with Crippen LogP contribution in [0.4, 0.5) is 0 Å². The molecule has 0 fully saturated rings. The van der Waals surface area contributed by atoms with E-state index < -0.39 is 24.3 Å². The number of carbonyl (C=O) groups excluding carboxylic acids is 2. The van der Waals surface area contributed by atoms with Crippen LogP contribution in [0.3, 0.4) is 0 Å². The van der Waals surface area contributed by atoms with Crippen LogP contribution in [0.1, 0.15) is 206 Å². The monoisotopic (exact) mass is 1020 g/mol. The number of hydrogen-bond acceptors (Lipinski definition) is 7. The van der Waals surface area contributed by atoms with Gasteiger partial charge in [0.25, 0.3) is 6.29 Å². The molecule has 9 heteroatoms. The van der Waals surface area contributed by atoms with E-state index in [4.69, 9.17) is 18.9 Å². The first-order valence-corrected chi connectivity index (χ1v) is 28.7. The molecule has 2 atom stereocenters. The van der Waals surface area contributed by atoms with Crippen LogP contribution in [0.15, 0.2) is 122 Å². The molecule has 73 heavy (non-hydrogen) atoms. The number of likely N-dealkylation sites (N-methyl/N-ethyl adjacent to an activating group) is 1. The molecule has 0 rings (SSSR count). The van der Waals surface area contributed by atoms with E-state index in [9.17, 15) is 19.5 Å². The first-order chi connectivity index (χ1) is 35.6. The van der Waals surface area contributed by atoms with Crippen LogP contribution in [0.25, 0.3) is 0 Å². The Morgan fingerprint density at radius 1 is 0.411 bits per heavy atom. The van der Waals surface area contributed by atoms with Crippen molar-refractivity contribution in [2.24, 2.45) is 0 Å². The van der Waals surface area contributed by atoms with Crippen LogP contribution < -0.4 is 0 Å². The second-order valence-corrected chi connectivity index (χ2v) is 19.8. The topological polar surface area (TPSA) is 108 Å². The molecule has 0 amide bonds. The number of allylic oxidation sites excluding steroid dienone is 20. The Kier molecular flexibility index (Phi) is 50.8. The number of carboxylic acids is 1. The average Bonchev–Trinajstić information content (AvgIpc) is 3.36. The maximum absolute atomic E-state index is 12.9. The molecule has 0 radical (unpaired) electrons. The SMILES string of the molecule is CC/C=C\C/C=C\C/C=C\C/C=C\C/C=C\C/C=C\CCCCCCCCCCCCCCC(=O)OC(COC(=O)CCCCCC/C=C\C/C=C\C/C=C\C/C=C\CC)COC(OCC[N+](C)(C)C)C(=O)O. The van der Waals surface area contributed by atoms with Gasteiger partial charge in [0, 0.05) is 12.8 Å². The number of unbranched alkanes of at least 4 members (excludes halogenated alkanes) is 16. The number of esters is 2. The molecule has 0 saturated heterocycles. The summed E-state index contributed by atoms with van der Waals surface area (Å²) in [6.45, 7) is 4.60. The van der Waals surface area contributed by atoms with E-state index in [-0.39, 0.29) is 38.6 Å². The lowest BCUT2D eigenvalue weighted by molar-refractivity contribution is -0.870. The van der Waals surface area contributed by atoms with Crippen molar-refractivity contribution in [1.29, 1.82) is 0 Å². The Hall–Kier alpha value is -4.31. The standard InChI is InChI=1S/C64H105NO8/c1-6-8-10-12-14-16-18-20-22-24-25-26-27-28-29-30-31-32-33-34-35-36-37-39-41-43-45-47-49-51-53-55-62(67)73-60(59-72-64(63(68)69)70-57-56-65(3,4)5)58-71-61(66)54-52-50-48-46-44-42-40-38-23-21-19-17-15-13-11-9-7-2/h8-11,14-17,20-23,25-26,28-29,31-32,40,42,60,64H,6-7,12-13,18-19,24,27,30,33-39,41,43-59H2,1-5H3/p+1/b10-8-,11-9-,16-14-,17-15-,22-20-,23-21-,26-25-,29-28-,32-31-,42-40-. The molecule has 0 heterocycles. The highest BCUT2D eigenvalue weighted by atomic mass is 16.7. The summed E-state index contributed by atoms with van der Waals surface area (Å²) in [6, 6.07) is 0. The van der Waals surface area contributed by atoms with Crippen molar-refractivity contribution >= 4 is 17.9 Å². The molecular formula is C64H106NO8+. The number of nitrogens with zero attached hydrogens (tertiary/aromatic N) is 1. The Bertz CT molecular complexity index is 1610. The average molecular weight is 1020 g/mol. The molecule has 0 aliphatic carbocycles. The predicted molar refractivity (Wildman–Crippen MR) is 308 cm³/mol. The smallest absolute Gasteiger partial charge is 0.361 e. The van der Waals surface area contributed by atoms with Crippen LogP contribution in [0, 0.1) is 0 Å². The summed E-state index contributed by atoms with van der Waals surface area (Å²) in [7, 11) is 5.95. The third-order valence-electron chi connectivity index (χ3n) is 11.7. The number of carboxylic acid groups (broad SMARTS) is 1. The van der Waals surface area contributed by atoms with Crippen LogP contribution in [0.2, 0.25) is 0 Å². The molecule has 414 valence electrons. The molecule has 2 unspecified atom stereocenters. The molecular weight excluding hydrogens is 911 g/mol. The number of hydrogen-bond donors (Lipinski definition) is 1. The van der Waals surface area contributed by atoms with E-state index in [1.165, 1.54) is 57.8 Å². The zero-order valence-corrected chi connectivity index (χ0v) is 47.0. The van der Waals surface area contributed by atoms with E-state index in [2.05, 4.69) is 135 Å². The van der Waals surface area contributed by atoms with Crippen molar-refractivity contribution in [1.82, 2.24) is 0 Å². The van der Waals surface area contributed by atoms with E-state index in [1.807, 2.05) is 21.1 Å². The molecule has 0 saturated carbocycles. The predicted octanol–water partition coefficient (Wildman–Crippen LogP) is 16.9. The fraction of sp³-hybridized carbons (Fsp3) is 0.641. The van der Waals surface area contributed by atoms with E-state index >= 15 is 0 Å². The minimum Gasteiger partial charge on any atom is -0.477 e. The molecule has 0 aromatic rings. The van der Waals surface area contributed by atoms with Crippen LogP contribution in [-0.2, 0) is 33.3 Å². The molecule has 0 spiro atoms. The summed E-state index contributed by atoms with van der Waals surface area (Å²) in [5, 5.41) is 9.70. The third-order valence-corrected chi connectivity index (χ3v) is 11.7. The summed E-state index contributed by atoms with van der Waals surface area (Å²) in [5.74, 6) is -2.05. The van der Waals surface area contributed by atoms with Gasteiger partial charge in [-0.05, 0) is 103 Å². The normalized spacial score (nSPS) is 13.7.